The van der Waals surface area contributed by atoms with E-state index in [1.165, 1.54) is 0 Å². The summed E-state index contributed by atoms with van der Waals surface area (Å²) in [6.07, 6.45) is -0.902. The van der Waals surface area contributed by atoms with E-state index in [9.17, 15) is 14.7 Å². The number of fused-ring (bicyclic) bond motifs is 1. The average Bonchev–Trinajstić information content (AvgIpc) is 2.60. The molecule has 0 fully saturated rings. The zero-order chi connectivity index (χ0) is 15.6. The summed E-state index contributed by atoms with van der Waals surface area (Å²) < 4.78 is 5.43. The first-order valence-corrected chi connectivity index (χ1v) is 6.77. The third-order valence-electron chi connectivity index (χ3n) is 3.56. The van der Waals surface area contributed by atoms with Gasteiger partial charge in [-0.1, -0.05) is 6.07 Å². The minimum Gasteiger partial charge on any atom is -0.491 e. The molecule has 1 heterocycles. The van der Waals surface area contributed by atoms with Crippen LogP contribution in [0.2, 0.25) is 0 Å². The van der Waals surface area contributed by atoms with E-state index in [4.69, 9.17) is 9.84 Å². The Kier molecular flexibility index (Phi) is 4.18. The van der Waals surface area contributed by atoms with Gasteiger partial charge in [-0.05, 0) is 38.0 Å². The summed E-state index contributed by atoms with van der Waals surface area (Å²) in [6.45, 7) is 3.93. The molecule has 0 bridgehead atoms. The largest absolute Gasteiger partial charge is 0.491 e. The Hall–Kier alpha value is -2.08. The Morgan fingerprint density at radius 2 is 2.19 bits per heavy atom. The molecule has 2 rings (SSSR count). The Morgan fingerprint density at radius 1 is 1.48 bits per heavy atom. The van der Waals surface area contributed by atoms with E-state index in [1.54, 1.807) is 32.0 Å². The molecule has 114 valence electrons. The number of aliphatic hydroxyl groups excluding tert-OH is 1. The third-order valence-corrected chi connectivity index (χ3v) is 3.56. The second-order valence-corrected chi connectivity index (χ2v) is 5.77. The molecular formula is C15H19NO5. The molecule has 0 saturated carbocycles. The second-order valence-electron chi connectivity index (χ2n) is 5.77. The van der Waals surface area contributed by atoms with Gasteiger partial charge < -0.3 is 20.3 Å². The summed E-state index contributed by atoms with van der Waals surface area (Å²) in [7, 11) is 0. The van der Waals surface area contributed by atoms with E-state index in [1.807, 2.05) is 0 Å². The standard InChI is InChI=1S/C15H19NO5/c1-15(2,14(19)20)8-11(17)9-3-4-12-10(7-9)13(18)16-5-6-21-12/h3-4,7,11,17H,5-6,8H2,1-2H3,(H,16,18)(H,19,20). The monoisotopic (exact) mass is 293 g/mol. The van der Waals surface area contributed by atoms with Crippen molar-refractivity contribution in [1.29, 1.82) is 0 Å². The molecule has 6 heteroatoms. The molecule has 1 aliphatic heterocycles. The molecule has 1 atom stereocenters. The highest BCUT2D eigenvalue weighted by Gasteiger charge is 2.31. The van der Waals surface area contributed by atoms with Crippen molar-refractivity contribution in [2.45, 2.75) is 26.4 Å². The van der Waals surface area contributed by atoms with Crippen molar-refractivity contribution in [2.24, 2.45) is 5.41 Å². The van der Waals surface area contributed by atoms with Gasteiger partial charge in [-0.3, -0.25) is 9.59 Å². The lowest BCUT2D eigenvalue weighted by Gasteiger charge is -2.23. The summed E-state index contributed by atoms with van der Waals surface area (Å²) in [6, 6.07) is 4.84. The van der Waals surface area contributed by atoms with Crippen molar-refractivity contribution < 1.29 is 24.5 Å². The van der Waals surface area contributed by atoms with Crippen molar-refractivity contribution in [1.82, 2.24) is 5.32 Å². The molecule has 0 aliphatic carbocycles. The normalized spacial score (nSPS) is 16.2. The number of ether oxygens (including phenoxy) is 1. The van der Waals surface area contributed by atoms with Crippen LogP contribution in [0.25, 0.3) is 0 Å². The maximum Gasteiger partial charge on any atom is 0.309 e. The minimum atomic E-state index is -1.05. The molecule has 21 heavy (non-hydrogen) atoms. The summed E-state index contributed by atoms with van der Waals surface area (Å²) in [5, 5.41) is 22.0. The maximum absolute atomic E-state index is 11.9. The lowest BCUT2D eigenvalue weighted by Crippen LogP contribution is -2.26. The van der Waals surface area contributed by atoms with Crippen molar-refractivity contribution in [3.05, 3.63) is 29.3 Å². The van der Waals surface area contributed by atoms with Crippen LogP contribution in [0.15, 0.2) is 18.2 Å². The number of nitrogens with one attached hydrogen (secondary N) is 1. The number of carbonyl (C=O) groups is 2. The number of rotatable bonds is 4. The van der Waals surface area contributed by atoms with Gasteiger partial charge in [0.1, 0.15) is 12.4 Å². The van der Waals surface area contributed by atoms with Crippen LogP contribution in [-0.2, 0) is 4.79 Å². The second kappa shape index (κ2) is 5.73. The quantitative estimate of drug-likeness (QED) is 0.778. The zero-order valence-electron chi connectivity index (χ0n) is 12.0. The van der Waals surface area contributed by atoms with Crippen LogP contribution in [0.3, 0.4) is 0 Å². The van der Waals surface area contributed by atoms with Gasteiger partial charge >= 0.3 is 5.97 Å². The Balaban J connectivity index is 2.25. The summed E-state index contributed by atoms with van der Waals surface area (Å²) in [5.41, 5.74) is -0.189. The van der Waals surface area contributed by atoms with E-state index in [2.05, 4.69) is 5.32 Å². The number of amides is 1. The molecule has 1 aromatic rings. The topological polar surface area (TPSA) is 95.9 Å². The van der Waals surface area contributed by atoms with Gasteiger partial charge in [0.25, 0.3) is 5.91 Å². The number of carboxylic acid groups (broad SMARTS) is 1. The van der Waals surface area contributed by atoms with Crippen molar-refractivity contribution in [3.63, 3.8) is 0 Å². The number of aliphatic hydroxyl groups is 1. The van der Waals surface area contributed by atoms with Crippen molar-refractivity contribution in [3.8, 4) is 5.75 Å². The molecular weight excluding hydrogens is 274 g/mol. The van der Waals surface area contributed by atoms with E-state index < -0.39 is 17.5 Å². The molecule has 0 radical (unpaired) electrons. The van der Waals surface area contributed by atoms with Crippen LogP contribution in [0, 0.1) is 5.41 Å². The van der Waals surface area contributed by atoms with Gasteiger partial charge in [0.2, 0.25) is 0 Å². The van der Waals surface area contributed by atoms with Crippen LogP contribution in [0.4, 0.5) is 0 Å². The van der Waals surface area contributed by atoms with Gasteiger partial charge in [-0.25, -0.2) is 0 Å². The molecule has 1 aromatic carbocycles. The smallest absolute Gasteiger partial charge is 0.309 e. The highest BCUT2D eigenvalue weighted by molar-refractivity contribution is 5.97. The van der Waals surface area contributed by atoms with E-state index >= 15 is 0 Å². The number of hydrogen-bond acceptors (Lipinski definition) is 4. The molecule has 6 nitrogen and oxygen atoms in total. The highest BCUT2D eigenvalue weighted by atomic mass is 16.5. The molecule has 1 unspecified atom stereocenters. The molecule has 0 saturated heterocycles. The van der Waals surface area contributed by atoms with Crippen LogP contribution in [0.1, 0.15) is 42.3 Å². The number of aliphatic carboxylic acids is 1. The number of hydrogen-bond donors (Lipinski definition) is 3. The van der Waals surface area contributed by atoms with E-state index in [0.717, 1.165) is 0 Å². The molecule has 0 aromatic heterocycles. The van der Waals surface area contributed by atoms with Gasteiger partial charge in [0.05, 0.1) is 23.6 Å². The Bertz CT molecular complexity index is 567. The first-order valence-electron chi connectivity index (χ1n) is 6.77. The first-order chi connectivity index (χ1) is 9.81. The van der Waals surface area contributed by atoms with Gasteiger partial charge in [-0.2, -0.15) is 0 Å². The van der Waals surface area contributed by atoms with E-state index in [-0.39, 0.29) is 12.3 Å². The zero-order valence-corrected chi connectivity index (χ0v) is 12.0. The van der Waals surface area contributed by atoms with Crippen molar-refractivity contribution in [2.75, 3.05) is 13.2 Å². The summed E-state index contributed by atoms with van der Waals surface area (Å²) >= 11 is 0. The average molecular weight is 293 g/mol. The Morgan fingerprint density at radius 3 is 2.86 bits per heavy atom. The highest BCUT2D eigenvalue weighted by Crippen LogP contribution is 2.32. The molecule has 1 amide bonds. The van der Waals surface area contributed by atoms with E-state index in [0.29, 0.717) is 30.0 Å². The Labute approximate surface area is 122 Å². The minimum absolute atomic E-state index is 0.0591. The summed E-state index contributed by atoms with van der Waals surface area (Å²) in [5.74, 6) is -0.759. The van der Waals surface area contributed by atoms with Crippen molar-refractivity contribution >= 4 is 11.9 Å². The number of carbonyl (C=O) groups excluding carboxylic acids is 1. The SMILES string of the molecule is CC(C)(CC(O)c1ccc2c(c1)C(=O)NCCO2)C(=O)O. The number of carboxylic acids is 1. The van der Waals surface area contributed by atoms with Crippen LogP contribution in [-0.4, -0.2) is 35.2 Å². The maximum atomic E-state index is 11.9. The lowest BCUT2D eigenvalue weighted by atomic mass is 9.84. The van der Waals surface area contributed by atoms with Crippen LogP contribution in [0.5, 0.6) is 5.75 Å². The summed E-state index contributed by atoms with van der Waals surface area (Å²) in [4.78, 5) is 23.0. The van der Waals surface area contributed by atoms with Crippen LogP contribution < -0.4 is 10.1 Å². The first kappa shape index (κ1) is 15.3. The number of benzene rings is 1. The predicted molar refractivity (Wildman–Crippen MR) is 75.3 cm³/mol. The molecule has 3 N–H and O–H groups in total. The fraction of sp³-hybridized carbons (Fsp3) is 0.467. The fourth-order valence-corrected chi connectivity index (χ4v) is 2.17. The van der Waals surface area contributed by atoms with Gasteiger partial charge in [0.15, 0.2) is 0 Å². The molecule has 0 spiro atoms. The van der Waals surface area contributed by atoms with Crippen LogP contribution >= 0.6 is 0 Å². The third kappa shape index (κ3) is 3.33. The fourth-order valence-electron chi connectivity index (χ4n) is 2.17. The van der Waals surface area contributed by atoms with Gasteiger partial charge in [-0.15, -0.1) is 0 Å². The lowest BCUT2D eigenvalue weighted by molar-refractivity contribution is -0.148. The van der Waals surface area contributed by atoms with Gasteiger partial charge in [0, 0.05) is 0 Å². The predicted octanol–water partition coefficient (Wildman–Crippen LogP) is 1.34. The molecule has 1 aliphatic rings.